The third kappa shape index (κ3) is 1.81. The van der Waals surface area contributed by atoms with Crippen molar-refractivity contribution >= 4 is 11.5 Å². The van der Waals surface area contributed by atoms with Gasteiger partial charge in [-0.1, -0.05) is 5.16 Å². The minimum absolute atomic E-state index is 0.259. The van der Waals surface area contributed by atoms with Crippen LogP contribution in [0.2, 0.25) is 0 Å². The molecule has 2 saturated carbocycles. The molecule has 0 aromatic carbocycles. The van der Waals surface area contributed by atoms with Crippen molar-refractivity contribution in [3.05, 3.63) is 0 Å². The first-order valence-electron chi connectivity index (χ1n) is 5.55. The lowest BCUT2D eigenvalue weighted by Crippen LogP contribution is -2.15. The molecule has 3 nitrogen and oxygen atoms in total. The summed E-state index contributed by atoms with van der Waals surface area (Å²) in [5.41, 5.74) is 0.921. The van der Waals surface area contributed by atoms with E-state index in [0.717, 1.165) is 50.7 Å². The molecular formula is C11H17NO2. The van der Waals surface area contributed by atoms with Crippen LogP contribution >= 0.6 is 0 Å². The molecule has 1 N–H and O–H groups in total. The molecule has 0 heterocycles. The summed E-state index contributed by atoms with van der Waals surface area (Å²) in [4.78, 5) is 11.5. The second kappa shape index (κ2) is 4.11. The van der Waals surface area contributed by atoms with Crippen LogP contribution < -0.4 is 0 Å². The van der Waals surface area contributed by atoms with Crippen LogP contribution in [0.5, 0.6) is 0 Å². The zero-order chi connectivity index (χ0) is 9.97. The van der Waals surface area contributed by atoms with Crippen LogP contribution in [0.15, 0.2) is 5.16 Å². The second-order valence-electron chi connectivity index (χ2n) is 4.47. The Balaban J connectivity index is 1.93. The smallest absolute Gasteiger partial charge is 0.135 e. The molecule has 78 valence electrons. The summed E-state index contributed by atoms with van der Waals surface area (Å²) in [6.07, 6.45) is 6.94. The normalized spacial score (nSPS) is 35.7. The Morgan fingerprint density at radius 3 is 2.57 bits per heavy atom. The molecule has 2 atom stereocenters. The maximum Gasteiger partial charge on any atom is 0.135 e. The number of hydrogen-bond acceptors (Lipinski definition) is 3. The Kier molecular flexibility index (Phi) is 2.85. The first-order chi connectivity index (χ1) is 6.81. The molecule has 14 heavy (non-hydrogen) atoms. The first-order valence-corrected chi connectivity index (χ1v) is 5.55. The van der Waals surface area contributed by atoms with Crippen LogP contribution in [0.4, 0.5) is 0 Å². The monoisotopic (exact) mass is 195 g/mol. The van der Waals surface area contributed by atoms with Gasteiger partial charge in [-0.3, -0.25) is 4.79 Å². The average Bonchev–Trinajstić information content (AvgIpc) is 2.77. The van der Waals surface area contributed by atoms with Gasteiger partial charge in [-0.15, -0.1) is 0 Å². The van der Waals surface area contributed by atoms with Crippen molar-refractivity contribution in [2.45, 2.75) is 44.9 Å². The molecule has 2 aliphatic carbocycles. The second-order valence-corrected chi connectivity index (χ2v) is 4.47. The highest BCUT2D eigenvalue weighted by atomic mass is 16.4. The fourth-order valence-corrected chi connectivity index (χ4v) is 2.77. The highest BCUT2D eigenvalue weighted by Gasteiger charge is 2.31. The molecule has 0 spiro atoms. The highest BCUT2D eigenvalue weighted by Crippen LogP contribution is 2.33. The molecule has 0 amide bonds. The van der Waals surface area contributed by atoms with Crippen LogP contribution in [0.1, 0.15) is 44.9 Å². The lowest BCUT2D eigenvalue weighted by Gasteiger charge is -2.13. The molecule has 0 radical (unpaired) electrons. The predicted octanol–water partition coefficient (Wildman–Crippen LogP) is 2.38. The third-order valence-corrected chi connectivity index (χ3v) is 3.59. The van der Waals surface area contributed by atoms with E-state index in [1.807, 2.05) is 0 Å². The number of ketones is 1. The maximum absolute atomic E-state index is 11.5. The van der Waals surface area contributed by atoms with Gasteiger partial charge in [0, 0.05) is 18.3 Å². The minimum Gasteiger partial charge on any atom is -0.411 e. The Bertz CT molecular complexity index is 260. The SMILES string of the molecule is O=C1CCCC1CC1CCCC1=NO. The zero-order valence-electron chi connectivity index (χ0n) is 8.41. The van der Waals surface area contributed by atoms with E-state index in [9.17, 15) is 4.79 Å². The topological polar surface area (TPSA) is 49.7 Å². The molecule has 0 aromatic rings. The van der Waals surface area contributed by atoms with Crippen LogP contribution in [0.3, 0.4) is 0 Å². The van der Waals surface area contributed by atoms with E-state index in [1.54, 1.807) is 0 Å². The number of oxime groups is 1. The quantitative estimate of drug-likeness (QED) is 0.543. The Morgan fingerprint density at radius 2 is 1.93 bits per heavy atom. The van der Waals surface area contributed by atoms with Gasteiger partial charge in [0.25, 0.3) is 0 Å². The zero-order valence-corrected chi connectivity index (χ0v) is 8.41. The van der Waals surface area contributed by atoms with Crippen LogP contribution in [0.25, 0.3) is 0 Å². The summed E-state index contributed by atoms with van der Waals surface area (Å²) in [5, 5.41) is 12.1. The van der Waals surface area contributed by atoms with Gasteiger partial charge >= 0.3 is 0 Å². The summed E-state index contributed by atoms with van der Waals surface area (Å²) >= 11 is 0. The first kappa shape index (κ1) is 9.69. The largest absolute Gasteiger partial charge is 0.411 e. The summed E-state index contributed by atoms with van der Waals surface area (Å²) in [7, 11) is 0. The molecule has 0 bridgehead atoms. The van der Waals surface area contributed by atoms with E-state index >= 15 is 0 Å². The van der Waals surface area contributed by atoms with Crippen molar-refractivity contribution in [3.63, 3.8) is 0 Å². The molecule has 3 heteroatoms. The van der Waals surface area contributed by atoms with Crippen molar-refractivity contribution in [3.8, 4) is 0 Å². The molecule has 2 rings (SSSR count). The van der Waals surface area contributed by atoms with E-state index in [-0.39, 0.29) is 5.92 Å². The summed E-state index contributed by atoms with van der Waals surface area (Å²) in [6.45, 7) is 0. The minimum atomic E-state index is 0.259. The van der Waals surface area contributed by atoms with E-state index in [4.69, 9.17) is 5.21 Å². The molecule has 2 unspecified atom stereocenters. The van der Waals surface area contributed by atoms with Crippen molar-refractivity contribution in [2.24, 2.45) is 17.0 Å². The van der Waals surface area contributed by atoms with E-state index in [1.165, 1.54) is 0 Å². The summed E-state index contributed by atoms with van der Waals surface area (Å²) < 4.78 is 0. The van der Waals surface area contributed by atoms with Crippen LogP contribution in [0, 0.1) is 11.8 Å². The number of carbonyl (C=O) groups is 1. The Labute approximate surface area is 84.2 Å². The van der Waals surface area contributed by atoms with Crippen LogP contribution in [-0.4, -0.2) is 16.7 Å². The number of rotatable bonds is 2. The van der Waals surface area contributed by atoms with Crippen LogP contribution in [-0.2, 0) is 4.79 Å². The molecule has 0 aliphatic heterocycles. The van der Waals surface area contributed by atoms with Gasteiger partial charge in [-0.05, 0) is 38.5 Å². The van der Waals surface area contributed by atoms with E-state index in [2.05, 4.69) is 5.16 Å². The Morgan fingerprint density at radius 1 is 1.21 bits per heavy atom. The van der Waals surface area contributed by atoms with Gasteiger partial charge in [0.1, 0.15) is 5.78 Å². The average molecular weight is 195 g/mol. The van der Waals surface area contributed by atoms with E-state index in [0.29, 0.717) is 11.7 Å². The number of nitrogens with zero attached hydrogens (tertiary/aromatic N) is 1. The van der Waals surface area contributed by atoms with Gasteiger partial charge in [-0.25, -0.2) is 0 Å². The molecule has 0 saturated heterocycles. The van der Waals surface area contributed by atoms with Crippen molar-refractivity contribution in [2.75, 3.05) is 0 Å². The van der Waals surface area contributed by atoms with Gasteiger partial charge in [-0.2, -0.15) is 0 Å². The molecule has 2 fully saturated rings. The van der Waals surface area contributed by atoms with Gasteiger partial charge in [0.05, 0.1) is 5.71 Å². The number of carbonyl (C=O) groups excluding carboxylic acids is 1. The summed E-state index contributed by atoms with van der Waals surface area (Å²) in [6, 6.07) is 0. The predicted molar refractivity (Wildman–Crippen MR) is 53.5 cm³/mol. The standard InChI is InChI=1S/C11H17NO2/c13-11-6-2-4-9(11)7-8-3-1-5-10(8)12-14/h8-9,14H,1-7H2. The Hall–Kier alpha value is -0.860. The maximum atomic E-state index is 11.5. The fraction of sp³-hybridized carbons (Fsp3) is 0.818. The lowest BCUT2D eigenvalue weighted by molar-refractivity contribution is -0.120. The molecular weight excluding hydrogens is 178 g/mol. The van der Waals surface area contributed by atoms with Gasteiger partial charge in [0.15, 0.2) is 0 Å². The molecule has 0 aromatic heterocycles. The number of hydrogen-bond donors (Lipinski definition) is 1. The third-order valence-electron chi connectivity index (χ3n) is 3.59. The van der Waals surface area contributed by atoms with Crippen molar-refractivity contribution < 1.29 is 10.0 Å². The number of Topliss-reactive ketones (excluding diaryl/α,β-unsaturated/α-hetero) is 1. The lowest BCUT2D eigenvalue weighted by atomic mass is 9.91. The summed E-state index contributed by atoms with van der Waals surface area (Å²) in [5.74, 6) is 1.07. The highest BCUT2D eigenvalue weighted by molar-refractivity contribution is 5.89. The van der Waals surface area contributed by atoms with Gasteiger partial charge in [0.2, 0.25) is 0 Å². The van der Waals surface area contributed by atoms with E-state index < -0.39 is 0 Å². The van der Waals surface area contributed by atoms with Gasteiger partial charge < -0.3 is 5.21 Å². The van der Waals surface area contributed by atoms with Crippen molar-refractivity contribution in [1.82, 2.24) is 0 Å². The molecule has 2 aliphatic rings. The van der Waals surface area contributed by atoms with Crippen molar-refractivity contribution in [1.29, 1.82) is 0 Å². The fourth-order valence-electron chi connectivity index (χ4n) is 2.77.